The van der Waals surface area contributed by atoms with Gasteiger partial charge in [-0.1, -0.05) is 23.2 Å². The van der Waals surface area contributed by atoms with Gasteiger partial charge in [-0.25, -0.2) is 0 Å². The highest BCUT2D eigenvalue weighted by Gasteiger charge is 2.33. The third-order valence-corrected chi connectivity index (χ3v) is 7.86. The van der Waals surface area contributed by atoms with Gasteiger partial charge < -0.3 is 10.2 Å². The number of nitrogens with zero attached hydrogens (tertiary/aromatic N) is 4. The fourth-order valence-electron chi connectivity index (χ4n) is 5.21. The molecule has 1 aromatic heterocycles. The molecular weight excluding hydrogens is 461 g/mol. The zero-order valence-electron chi connectivity index (χ0n) is 19.4. The minimum atomic E-state index is -0.333. The zero-order valence-corrected chi connectivity index (χ0v) is 20.9. The molecule has 178 valence electrons. The average Bonchev–Trinajstić information content (AvgIpc) is 3.39. The Morgan fingerprint density at radius 3 is 2.45 bits per heavy atom. The first kappa shape index (κ1) is 24.0. The highest BCUT2D eigenvalue weighted by molar-refractivity contribution is 6.42. The summed E-state index contributed by atoms with van der Waals surface area (Å²) in [4.78, 5) is 29.4. The molecule has 7 nitrogen and oxygen atoms in total. The van der Waals surface area contributed by atoms with Crippen molar-refractivity contribution in [2.45, 2.75) is 45.1 Å². The standard InChI is InChI=1S/C24H31Cl2N5O2/c1-15-23(16(2)29(3)28-15)17-6-9-30(10-7-17)19-8-11-31(14-19)22(32)13-27-24(33)18-4-5-20(25)21(26)12-18/h4-5,12,17,19H,6-11,13-14H2,1-3H3,(H,27,33). The van der Waals surface area contributed by atoms with E-state index in [1.165, 1.54) is 17.3 Å². The summed E-state index contributed by atoms with van der Waals surface area (Å²) in [5.41, 5.74) is 4.22. The highest BCUT2D eigenvalue weighted by Crippen LogP contribution is 2.33. The summed E-state index contributed by atoms with van der Waals surface area (Å²) >= 11 is 11.9. The maximum atomic E-state index is 12.7. The van der Waals surface area contributed by atoms with Crippen molar-refractivity contribution in [3.05, 3.63) is 50.8 Å². The van der Waals surface area contributed by atoms with Crippen molar-refractivity contribution >= 4 is 35.0 Å². The summed E-state index contributed by atoms with van der Waals surface area (Å²) in [5.74, 6) is 0.175. The minimum absolute atomic E-state index is 0.0204. The van der Waals surface area contributed by atoms with E-state index in [4.69, 9.17) is 23.2 Å². The van der Waals surface area contributed by atoms with Gasteiger partial charge in [-0.05, 0) is 75.9 Å². The van der Waals surface area contributed by atoms with Gasteiger partial charge in [-0.15, -0.1) is 0 Å². The monoisotopic (exact) mass is 491 g/mol. The number of aromatic nitrogens is 2. The Balaban J connectivity index is 1.25. The van der Waals surface area contributed by atoms with Crippen LogP contribution < -0.4 is 5.32 Å². The van der Waals surface area contributed by atoms with Gasteiger partial charge in [0, 0.05) is 37.4 Å². The lowest BCUT2D eigenvalue weighted by atomic mass is 9.87. The molecule has 2 amide bonds. The smallest absolute Gasteiger partial charge is 0.251 e. The molecule has 1 unspecified atom stereocenters. The number of rotatable bonds is 5. The van der Waals surface area contributed by atoms with E-state index in [1.807, 2.05) is 16.6 Å². The van der Waals surface area contributed by atoms with Crippen molar-refractivity contribution in [1.82, 2.24) is 24.9 Å². The highest BCUT2D eigenvalue weighted by atomic mass is 35.5. The van der Waals surface area contributed by atoms with E-state index in [2.05, 4.69) is 29.2 Å². The molecule has 33 heavy (non-hydrogen) atoms. The van der Waals surface area contributed by atoms with Crippen LogP contribution in [-0.2, 0) is 11.8 Å². The Hall–Kier alpha value is -2.09. The fourth-order valence-corrected chi connectivity index (χ4v) is 5.51. The summed E-state index contributed by atoms with van der Waals surface area (Å²) in [6, 6.07) is 5.06. The van der Waals surface area contributed by atoms with E-state index in [0.717, 1.165) is 51.1 Å². The Kier molecular flexibility index (Phi) is 7.31. The lowest BCUT2D eigenvalue weighted by molar-refractivity contribution is -0.129. The third-order valence-electron chi connectivity index (χ3n) is 7.12. The van der Waals surface area contributed by atoms with Crippen LogP contribution in [0, 0.1) is 13.8 Å². The van der Waals surface area contributed by atoms with Crippen LogP contribution in [0.3, 0.4) is 0 Å². The molecule has 2 aromatic rings. The van der Waals surface area contributed by atoms with Crippen LogP contribution in [0.4, 0.5) is 0 Å². The fraction of sp³-hybridized carbons (Fsp3) is 0.542. The predicted octanol–water partition coefficient (Wildman–Crippen LogP) is 3.55. The minimum Gasteiger partial charge on any atom is -0.343 e. The Morgan fingerprint density at radius 1 is 1.09 bits per heavy atom. The van der Waals surface area contributed by atoms with Gasteiger partial charge in [-0.2, -0.15) is 5.10 Å². The number of halogens is 2. The van der Waals surface area contributed by atoms with Gasteiger partial charge in [0.2, 0.25) is 5.91 Å². The maximum absolute atomic E-state index is 12.7. The Bertz CT molecular complexity index is 1050. The molecule has 3 heterocycles. The predicted molar refractivity (Wildman–Crippen MR) is 130 cm³/mol. The first-order chi connectivity index (χ1) is 15.7. The van der Waals surface area contributed by atoms with E-state index in [-0.39, 0.29) is 18.4 Å². The average molecular weight is 492 g/mol. The number of hydrogen-bond acceptors (Lipinski definition) is 4. The second kappa shape index (κ2) is 10.0. The quantitative estimate of drug-likeness (QED) is 0.693. The van der Waals surface area contributed by atoms with E-state index in [9.17, 15) is 9.59 Å². The SMILES string of the molecule is Cc1nn(C)c(C)c1C1CCN(C2CCN(C(=O)CNC(=O)c3ccc(Cl)c(Cl)c3)C2)CC1. The molecule has 2 saturated heterocycles. The zero-order chi connectivity index (χ0) is 23.7. The van der Waals surface area contributed by atoms with Crippen molar-refractivity contribution < 1.29 is 9.59 Å². The van der Waals surface area contributed by atoms with Crippen LogP contribution >= 0.6 is 23.2 Å². The van der Waals surface area contributed by atoms with Crippen molar-refractivity contribution in [1.29, 1.82) is 0 Å². The van der Waals surface area contributed by atoms with Gasteiger partial charge in [-0.3, -0.25) is 19.2 Å². The summed E-state index contributed by atoms with van der Waals surface area (Å²) in [5, 5.41) is 7.99. The number of benzene rings is 1. The lowest BCUT2D eigenvalue weighted by Gasteiger charge is -2.36. The van der Waals surface area contributed by atoms with Crippen LogP contribution in [0.2, 0.25) is 10.0 Å². The molecule has 1 atom stereocenters. The third kappa shape index (κ3) is 5.20. The number of carbonyl (C=O) groups excluding carboxylic acids is 2. The Morgan fingerprint density at radius 2 is 1.82 bits per heavy atom. The van der Waals surface area contributed by atoms with E-state index < -0.39 is 0 Å². The second-order valence-corrected chi connectivity index (χ2v) is 9.93. The molecular formula is C24H31Cl2N5O2. The van der Waals surface area contributed by atoms with Crippen molar-refractivity contribution in [2.24, 2.45) is 7.05 Å². The molecule has 2 aliphatic heterocycles. The van der Waals surface area contributed by atoms with E-state index in [0.29, 0.717) is 27.6 Å². The summed E-state index contributed by atoms with van der Waals surface area (Å²) in [7, 11) is 2.01. The molecule has 1 aromatic carbocycles. The van der Waals surface area contributed by atoms with Gasteiger partial charge in [0.15, 0.2) is 0 Å². The molecule has 0 bridgehead atoms. The van der Waals surface area contributed by atoms with Crippen LogP contribution in [0.1, 0.15) is 52.5 Å². The summed E-state index contributed by atoms with van der Waals surface area (Å²) < 4.78 is 1.98. The number of aryl methyl sites for hydroxylation is 2. The van der Waals surface area contributed by atoms with Gasteiger partial charge >= 0.3 is 0 Å². The Labute approximate surface area is 205 Å². The molecule has 1 N–H and O–H groups in total. The van der Waals surface area contributed by atoms with Gasteiger partial charge in [0.25, 0.3) is 5.91 Å². The van der Waals surface area contributed by atoms with E-state index in [1.54, 1.807) is 12.1 Å². The lowest BCUT2D eigenvalue weighted by Crippen LogP contribution is -2.44. The number of piperidine rings is 1. The molecule has 2 fully saturated rings. The number of amides is 2. The van der Waals surface area contributed by atoms with Crippen LogP contribution in [-0.4, -0.2) is 70.2 Å². The first-order valence-electron chi connectivity index (χ1n) is 11.5. The summed E-state index contributed by atoms with van der Waals surface area (Å²) in [6.07, 6.45) is 3.22. The van der Waals surface area contributed by atoms with Crippen molar-refractivity contribution in [3.63, 3.8) is 0 Å². The van der Waals surface area contributed by atoms with Crippen LogP contribution in [0.15, 0.2) is 18.2 Å². The molecule has 0 spiro atoms. The first-order valence-corrected chi connectivity index (χ1v) is 12.3. The largest absolute Gasteiger partial charge is 0.343 e. The van der Waals surface area contributed by atoms with Gasteiger partial charge in [0.05, 0.1) is 22.3 Å². The molecule has 0 aliphatic carbocycles. The normalized spacial score (nSPS) is 19.8. The number of likely N-dealkylation sites (tertiary alicyclic amines) is 2. The number of hydrogen-bond donors (Lipinski definition) is 1. The van der Waals surface area contributed by atoms with Crippen molar-refractivity contribution in [3.8, 4) is 0 Å². The van der Waals surface area contributed by atoms with E-state index >= 15 is 0 Å². The number of nitrogens with one attached hydrogen (secondary N) is 1. The van der Waals surface area contributed by atoms with Crippen LogP contribution in [0.5, 0.6) is 0 Å². The summed E-state index contributed by atoms with van der Waals surface area (Å²) in [6.45, 7) is 7.77. The molecule has 9 heteroatoms. The van der Waals surface area contributed by atoms with Crippen molar-refractivity contribution in [2.75, 3.05) is 32.7 Å². The number of carbonyl (C=O) groups is 2. The molecule has 0 saturated carbocycles. The topological polar surface area (TPSA) is 70.5 Å². The second-order valence-electron chi connectivity index (χ2n) is 9.11. The molecule has 0 radical (unpaired) electrons. The molecule has 4 rings (SSSR count). The molecule has 2 aliphatic rings. The maximum Gasteiger partial charge on any atom is 0.251 e. The van der Waals surface area contributed by atoms with Gasteiger partial charge in [0.1, 0.15) is 0 Å². The van der Waals surface area contributed by atoms with Crippen LogP contribution in [0.25, 0.3) is 0 Å².